The van der Waals surface area contributed by atoms with Crippen LogP contribution in [0.25, 0.3) is 0 Å². The van der Waals surface area contributed by atoms with Gasteiger partial charge in [-0.1, -0.05) is 27.5 Å². The molecule has 0 aliphatic heterocycles. The predicted octanol–water partition coefficient (Wildman–Crippen LogP) is 4.11. The van der Waals surface area contributed by atoms with Crippen LogP contribution in [-0.2, 0) is 0 Å². The molecule has 2 rings (SSSR count). The molecule has 0 aliphatic carbocycles. The molecule has 0 saturated heterocycles. The molecule has 5 heteroatoms. The molecule has 0 atom stereocenters. The minimum Gasteiger partial charge on any atom is -0.353 e. The number of pyridine rings is 1. The Balaban J connectivity index is 2.23. The van der Waals surface area contributed by atoms with Crippen LogP contribution >= 0.6 is 27.5 Å². The highest BCUT2D eigenvalue weighted by Gasteiger charge is 2.01. The zero-order valence-corrected chi connectivity index (χ0v) is 11.0. The van der Waals surface area contributed by atoms with Gasteiger partial charge in [0.25, 0.3) is 0 Å². The minimum atomic E-state index is 0.387. The molecule has 0 spiro atoms. The van der Waals surface area contributed by atoms with Crippen LogP contribution in [0.4, 0.5) is 11.4 Å². The lowest BCUT2D eigenvalue weighted by Crippen LogP contribution is -1.92. The first-order valence-corrected chi connectivity index (χ1v) is 5.94. The van der Waals surface area contributed by atoms with Crippen molar-refractivity contribution >= 4 is 38.9 Å². The van der Waals surface area contributed by atoms with Crippen LogP contribution in [0.5, 0.6) is 0 Å². The van der Waals surface area contributed by atoms with E-state index in [0.29, 0.717) is 10.7 Å². The summed E-state index contributed by atoms with van der Waals surface area (Å²) in [6.07, 6.45) is 1.59. The first-order valence-electron chi connectivity index (χ1n) is 4.77. The van der Waals surface area contributed by atoms with Gasteiger partial charge in [-0.3, -0.25) is 0 Å². The van der Waals surface area contributed by atoms with Gasteiger partial charge < -0.3 is 5.32 Å². The lowest BCUT2D eigenvalue weighted by molar-refractivity contribution is 1.26. The van der Waals surface area contributed by atoms with Crippen LogP contribution in [-0.4, -0.2) is 4.98 Å². The lowest BCUT2D eigenvalue weighted by Gasteiger charge is -2.08. The molecule has 0 bridgehead atoms. The van der Waals surface area contributed by atoms with Crippen molar-refractivity contribution in [1.29, 1.82) is 5.26 Å². The topological polar surface area (TPSA) is 48.7 Å². The summed E-state index contributed by atoms with van der Waals surface area (Å²) in [5.74, 6) is 0. The highest BCUT2D eigenvalue weighted by Crippen LogP contribution is 2.28. The van der Waals surface area contributed by atoms with Crippen LogP contribution in [0.3, 0.4) is 0 Å². The van der Waals surface area contributed by atoms with Gasteiger partial charge in [-0.2, -0.15) is 5.26 Å². The third kappa shape index (κ3) is 2.96. The number of hydrogen-bond donors (Lipinski definition) is 1. The van der Waals surface area contributed by atoms with E-state index >= 15 is 0 Å². The van der Waals surface area contributed by atoms with E-state index in [-0.39, 0.29) is 0 Å². The summed E-state index contributed by atoms with van der Waals surface area (Å²) in [4.78, 5) is 3.96. The summed E-state index contributed by atoms with van der Waals surface area (Å²) < 4.78 is 0.922. The summed E-state index contributed by atoms with van der Waals surface area (Å²) in [6.45, 7) is 0. The average molecular weight is 309 g/mol. The molecule has 0 fully saturated rings. The molecule has 1 aromatic carbocycles. The standard InChI is InChI=1S/C12H7BrClN3/c13-8-1-4-12(11(14)5-8)17-10-3-2-9(6-15)16-7-10/h1-5,7,17H. The van der Waals surface area contributed by atoms with Gasteiger partial charge in [0.2, 0.25) is 0 Å². The zero-order chi connectivity index (χ0) is 12.3. The molecule has 0 aliphatic rings. The number of hydrogen-bond acceptors (Lipinski definition) is 3. The van der Waals surface area contributed by atoms with Crippen molar-refractivity contribution in [3.8, 4) is 6.07 Å². The first kappa shape index (κ1) is 11.9. The molecule has 17 heavy (non-hydrogen) atoms. The average Bonchev–Trinajstić information content (AvgIpc) is 2.34. The number of nitrogens with one attached hydrogen (secondary N) is 1. The van der Waals surface area contributed by atoms with Gasteiger partial charge in [-0.05, 0) is 30.3 Å². The van der Waals surface area contributed by atoms with Gasteiger partial charge in [0.05, 0.1) is 22.6 Å². The largest absolute Gasteiger partial charge is 0.353 e. The maximum Gasteiger partial charge on any atom is 0.140 e. The third-order valence-corrected chi connectivity index (χ3v) is 2.89. The fraction of sp³-hybridized carbons (Fsp3) is 0. The van der Waals surface area contributed by atoms with Crippen molar-refractivity contribution in [3.05, 3.63) is 51.7 Å². The van der Waals surface area contributed by atoms with Gasteiger partial charge in [-0.25, -0.2) is 4.98 Å². The number of nitrogens with zero attached hydrogens (tertiary/aromatic N) is 2. The summed E-state index contributed by atoms with van der Waals surface area (Å²) >= 11 is 9.41. The van der Waals surface area contributed by atoms with Gasteiger partial charge in [0.1, 0.15) is 11.8 Å². The summed E-state index contributed by atoms with van der Waals surface area (Å²) in [5, 5.41) is 12.4. The lowest BCUT2D eigenvalue weighted by atomic mass is 10.3. The molecule has 3 nitrogen and oxygen atoms in total. The van der Waals surface area contributed by atoms with Crippen molar-refractivity contribution in [1.82, 2.24) is 4.98 Å². The molecule has 1 aromatic heterocycles. The Bertz CT molecular complexity index is 575. The van der Waals surface area contributed by atoms with Crippen LogP contribution in [0.1, 0.15) is 5.69 Å². The number of nitriles is 1. The molecule has 0 saturated carbocycles. The highest BCUT2D eigenvalue weighted by molar-refractivity contribution is 9.10. The van der Waals surface area contributed by atoms with Crippen LogP contribution in [0, 0.1) is 11.3 Å². The molecule has 0 unspecified atom stereocenters. The Labute approximate surface area is 112 Å². The van der Waals surface area contributed by atoms with E-state index in [1.54, 1.807) is 24.4 Å². The molecule has 1 heterocycles. The Morgan fingerprint density at radius 1 is 1.29 bits per heavy atom. The maximum atomic E-state index is 8.63. The SMILES string of the molecule is N#Cc1ccc(Nc2ccc(Br)cc2Cl)cn1. The number of aromatic nitrogens is 1. The van der Waals surface area contributed by atoms with Crippen molar-refractivity contribution in [2.24, 2.45) is 0 Å². The van der Waals surface area contributed by atoms with Crippen LogP contribution < -0.4 is 5.32 Å². The van der Waals surface area contributed by atoms with E-state index in [1.807, 2.05) is 18.2 Å². The molecule has 2 aromatic rings. The second-order valence-corrected chi connectivity index (χ2v) is 4.62. The molecule has 84 valence electrons. The van der Waals surface area contributed by atoms with E-state index in [2.05, 4.69) is 26.2 Å². The fourth-order valence-electron chi connectivity index (χ4n) is 1.28. The van der Waals surface area contributed by atoms with Crippen molar-refractivity contribution in [2.75, 3.05) is 5.32 Å². The van der Waals surface area contributed by atoms with Gasteiger partial charge in [0, 0.05) is 4.47 Å². The summed E-state index contributed by atoms with van der Waals surface area (Å²) in [7, 11) is 0. The third-order valence-electron chi connectivity index (χ3n) is 2.09. The predicted molar refractivity (Wildman–Crippen MR) is 71.4 cm³/mol. The van der Waals surface area contributed by atoms with Crippen molar-refractivity contribution < 1.29 is 0 Å². The number of anilines is 2. The quantitative estimate of drug-likeness (QED) is 0.908. The molecule has 0 amide bonds. The molecular weight excluding hydrogens is 302 g/mol. The zero-order valence-electron chi connectivity index (χ0n) is 8.61. The van der Waals surface area contributed by atoms with E-state index in [1.165, 1.54) is 0 Å². The normalized spacial score (nSPS) is 9.71. The van der Waals surface area contributed by atoms with E-state index in [0.717, 1.165) is 15.8 Å². The van der Waals surface area contributed by atoms with Crippen molar-refractivity contribution in [3.63, 3.8) is 0 Å². The van der Waals surface area contributed by atoms with Crippen molar-refractivity contribution in [2.45, 2.75) is 0 Å². The fourth-order valence-corrected chi connectivity index (χ4v) is 2.00. The monoisotopic (exact) mass is 307 g/mol. The molecule has 1 N–H and O–H groups in total. The van der Waals surface area contributed by atoms with Gasteiger partial charge >= 0.3 is 0 Å². The second kappa shape index (κ2) is 5.17. The molecule has 0 radical (unpaired) electrons. The minimum absolute atomic E-state index is 0.387. The summed E-state index contributed by atoms with van der Waals surface area (Å²) in [5.41, 5.74) is 1.96. The van der Waals surface area contributed by atoms with Gasteiger partial charge in [0.15, 0.2) is 0 Å². The smallest absolute Gasteiger partial charge is 0.140 e. The van der Waals surface area contributed by atoms with Gasteiger partial charge in [-0.15, -0.1) is 0 Å². The Hall–Kier alpha value is -1.57. The second-order valence-electron chi connectivity index (χ2n) is 3.29. The van der Waals surface area contributed by atoms with Crippen LogP contribution in [0.2, 0.25) is 5.02 Å². The Morgan fingerprint density at radius 2 is 2.12 bits per heavy atom. The number of rotatable bonds is 2. The molecular formula is C12H7BrClN3. The maximum absolute atomic E-state index is 8.63. The van der Waals surface area contributed by atoms with E-state index < -0.39 is 0 Å². The van der Waals surface area contributed by atoms with E-state index in [4.69, 9.17) is 16.9 Å². The van der Waals surface area contributed by atoms with Crippen LogP contribution in [0.15, 0.2) is 41.0 Å². The highest BCUT2D eigenvalue weighted by atomic mass is 79.9. The number of halogens is 2. The number of benzene rings is 1. The Morgan fingerprint density at radius 3 is 2.71 bits per heavy atom. The summed E-state index contributed by atoms with van der Waals surface area (Å²) in [6, 6.07) is 11.0. The van der Waals surface area contributed by atoms with E-state index in [9.17, 15) is 0 Å². The first-order chi connectivity index (χ1) is 8.19. The Kier molecular flexibility index (Phi) is 3.62.